The average Bonchev–Trinajstić information content (AvgIpc) is 2.48. The van der Waals surface area contributed by atoms with Crippen LogP contribution in [0.4, 0.5) is 0 Å². The molecule has 5 N–H and O–H groups in total. The predicted molar refractivity (Wildman–Crippen MR) is 75.4 cm³/mol. The highest BCUT2D eigenvalue weighted by Gasteiger charge is 2.24. The molecule has 0 heterocycles. The molecule has 7 heteroatoms. The highest BCUT2D eigenvalue weighted by molar-refractivity contribution is 5.87. The normalized spacial score (nSPS) is 13.3. The molecule has 0 saturated carbocycles. The van der Waals surface area contributed by atoms with Gasteiger partial charge in [0, 0.05) is 6.42 Å². The van der Waals surface area contributed by atoms with E-state index < -0.39 is 30.6 Å². The summed E-state index contributed by atoms with van der Waals surface area (Å²) >= 11 is 0. The maximum Gasteiger partial charge on any atom is 0.328 e. The first-order valence-electron chi connectivity index (χ1n) is 6.59. The van der Waals surface area contributed by atoms with Gasteiger partial charge in [-0.3, -0.25) is 4.79 Å². The Bertz CT molecular complexity index is 475. The molecule has 0 unspecified atom stereocenters. The summed E-state index contributed by atoms with van der Waals surface area (Å²) in [5.74, 6) is -1.10. The number of phenols is 1. The SMILES string of the molecule is CCOC(=O)[C@H](Cc1ccc(O)cc1)NC(=O)[C@@H](N)CO. The van der Waals surface area contributed by atoms with Crippen LogP contribution < -0.4 is 11.1 Å². The number of amides is 1. The van der Waals surface area contributed by atoms with Crippen molar-refractivity contribution in [3.63, 3.8) is 0 Å². The van der Waals surface area contributed by atoms with Crippen molar-refractivity contribution in [3.8, 4) is 5.75 Å². The minimum atomic E-state index is -1.10. The van der Waals surface area contributed by atoms with Crippen molar-refractivity contribution in [1.29, 1.82) is 0 Å². The fourth-order valence-corrected chi connectivity index (χ4v) is 1.67. The Morgan fingerprint density at radius 3 is 2.48 bits per heavy atom. The molecule has 0 aliphatic rings. The standard InChI is InChI=1S/C14H20N2O5/c1-2-21-14(20)12(16-13(19)11(15)8-17)7-9-3-5-10(18)6-4-9/h3-6,11-12,17-18H,2,7-8,15H2,1H3,(H,16,19)/t11-,12-/m0/s1. The lowest BCUT2D eigenvalue weighted by atomic mass is 10.1. The van der Waals surface area contributed by atoms with Crippen LogP contribution in [0.25, 0.3) is 0 Å². The number of rotatable bonds is 7. The first-order valence-corrected chi connectivity index (χ1v) is 6.59. The first kappa shape index (κ1) is 16.9. The lowest BCUT2D eigenvalue weighted by Gasteiger charge is -2.19. The molecule has 2 atom stereocenters. The number of benzene rings is 1. The molecule has 0 bridgehead atoms. The number of carbonyl (C=O) groups excluding carboxylic acids is 2. The van der Waals surface area contributed by atoms with Crippen molar-refractivity contribution in [2.24, 2.45) is 5.73 Å². The molecule has 0 radical (unpaired) electrons. The van der Waals surface area contributed by atoms with Gasteiger partial charge in [0.05, 0.1) is 13.2 Å². The van der Waals surface area contributed by atoms with Crippen molar-refractivity contribution in [1.82, 2.24) is 5.32 Å². The fourth-order valence-electron chi connectivity index (χ4n) is 1.67. The molecule has 0 aliphatic carbocycles. The van der Waals surface area contributed by atoms with Crippen LogP contribution in [0.3, 0.4) is 0 Å². The number of ether oxygens (including phenoxy) is 1. The monoisotopic (exact) mass is 296 g/mol. The zero-order chi connectivity index (χ0) is 15.8. The van der Waals surface area contributed by atoms with Crippen LogP contribution in [0.1, 0.15) is 12.5 Å². The van der Waals surface area contributed by atoms with E-state index in [1.807, 2.05) is 0 Å². The van der Waals surface area contributed by atoms with Crippen molar-refractivity contribution in [2.75, 3.05) is 13.2 Å². The highest BCUT2D eigenvalue weighted by Crippen LogP contribution is 2.12. The number of nitrogens with one attached hydrogen (secondary N) is 1. The van der Waals surface area contributed by atoms with Gasteiger partial charge in [0.15, 0.2) is 0 Å². The van der Waals surface area contributed by atoms with Gasteiger partial charge in [-0.15, -0.1) is 0 Å². The molecule has 21 heavy (non-hydrogen) atoms. The summed E-state index contributed by atoms with van der Waals surface area (Å²) in [6, 6.07) is 4.25. The van der Waals surface area contributed by atoms with Crippen molar-refractivity contribution >= 4 is 11.9 Å². The van der Waals surface area contributed by atoms with Gasteiger partial charge >= 0.3 is 5.97 Å². The number of esters is 1. The largest absolute Gasteiger partial charge is 0.508 e. The van der Waals surface area contributed by atoms with Crippen molar-refractivity contribution < 1.29 is 24.5 Å². The van der Waals surface area contributed by atoms with Crippen LogP contribution in [0, 0.1) is 0 Å². The highest BCUT2D eigenvalue weighted by atomic mass is 16.5. The number of hydrogen-bond acceptors (Lipinski definition) is 6. The van der Waals surface area contributed by atoms with Crippen LogP contribution in [-0.2, 0) is 20.7 Å². The molecule has 0 aliphatic heterocycles. The molecule has 0 spiro atoms. The fraction of sp³-hybridized carbons (Fsp3) is 0.429. The van der Waals surface area contributed by atoms with E-state index in [4.69, 9.17) is 15.6 Å². The summed E-state index contributed by atoms with van der Waals surface area (Å²) in [6.45, 7) is 1.34. The van der Waals surface area contributed by atoms with E-state index >= 15 is 0 Å². The lowest BCUT2D eigenvalue weighted by molar-refractivity contribution is -0.147. The molecular formula is C14H20N2O5. The zero-order valence-corrected chi connectivity index (χ0v) is 11.8. The van der Waals surface area contributed by atoms with E-state index in [1.54, 1.807) is 19.1 Å². The van der Waals surface area contributed by atoms with Gasteiger partial charge < -0.3 is 26.0 Å². The van der Waals surface area contributed by atoms with Gasteiger partial charge in [0.2, 0.25) is 5.91 Å². The third-order valence-electron chi connectivity index (χ3n) is 2.80. The number of aliphatic hydroxyl groups is 1. The van der Waals surface area contributed by atoms with E-state index in [0.717, 1.165) is 5.56 Å². The summed E-state index contributed by atoms with van der Waals surface area (Å²) in [5.41, 5.74) is 6.14. The molecule has 7 nitrogen and oxygen atoms in total. The molecule has 0 aromatic heterocycles. The summed E-state index contributed by atoms with van der Waals surface area (Å²) in [4.78, 5) is 23.6. The van der Waals surface area contributed by atoms with Crippen LogP contribution in [-0.4, -0.2) is 47.4 Å². The molecule has 1 aromatic rings. The van der Waals surface area contributed by atoms with Crippen LogP contribution in [0.2, 0.25) is 0 Å². The van der Waals surface area contributed by atoms with E-state index in [2.05, 4.69) is 5.32 Å². The smallest absolute Gasteiger partial charge is 0.328 e. The van der Waals surface area contributed by atoms with Gasteiger partial charge in [-0.25, -0.2) is 4.79 Å². The Morgan fingerprint density at radius 1 is 1.33 bits per heavy atom. The number of carbonyl (C=O) groups is 2. The molecule has 1 amide bonds. The summed E-state index contributed by atoms with van der Waals surface area (Å²) in [6.07, 6.45) is 0.197. The quantitative estimate of drug-likeness (QED) is 0.494. The first-order chi connectivity index (χ1) is 9.97. The summed E-state index contributed by atoms with van der Waals surface area (Å²) < 4.78 is 4.91. The Kier molecular flexibility index (Phi) is 6.64. The second kappa shape index (κ2) is 8.23. The van der Waals surface area contributed by atoms with E-state index in [0.29, 0.717) is 0 Å². The second-order valence-electron chi connectivity index (χ2n) is 4.47. The minimum Gasteiger partial charge on any atom is -0.508 e. The molecule has 0 fully saturated rings. The summed E-state index contributed by atoms with van der Waals surface area (Å²) in [5, 5.41) is 20.5. The third kappa shape index (κ3) is 5.41. The van der Waals surface area contributed by atoms with E-state index in [9.17, 15) is 14.7 Å². The van der Waals surface area contributed by atoms with Crippen molar-refractivity contribution in [2.45, 2.75) is 25.4 Å². The van der Waals surface area contributed by atoms with Crippen LogP contribution in [0.5, 0.6) is 5.75 Å². The van der Waals surface area contributed by atoms with Gasteiger partial charge in [-0.2, -0.15) is 0 Å². The maximum atomic E-state index is 11.9. The van der Waals surface area contributed by atoms with Gasteiger partial charge in [-0.1, -0.05) is 12.1 Å². The number of hydrogen-bond donors (Lipinski definition) is 4. The Morgan fingerprint density at radius 2 is 1.95 bits per heavy atom. The number of aliphatic hydroxyl groups excluding tert-OH is 1. The topological polar surface area (TPSA) is 122 Å². The van der Waals surface area contributed by atoms with Crippen molar-refractivity contribution in [3.05, 3.63) is 29.8 Å². The number of nitrogens with two attached hydrogens (primary N) is 1. The van der Waals surface area contributed by atoms with Gasteiger partial charge in [0.25, 0.3) is 0 Å². The summed E-state index contributed by atoms with van der Waals surface area (Å²) in [7, 11) is 0. The van der Waals surface area contributed by atoms with Crippen LogP contribution >= 0.6 is 0 Å². The minimum absolute atomic E-state index is 0.109. The van der Waals surface area contributed by atoms with E-state index in [1.165, 1.54) is 12.1 Å². The zero-order valence-electron chi connectivity index (χ0n) is 11.8. The molecular weight excluding hydrogens is 276 g/mol. The maximum absolute atomic E-state index is 11.9. The lowest BCUT2D eigenvalue weighted by Crippen LogP contribution is -2.51. The van der Waals surface area contributed by atoms with Crippen LogP contribution in [0.15, 0.2) is 24.3 Å². The van der Waals surface area contributed by atoms with E-state index in [-0.39, 0.29) is 18.8 Å². The Balaban J connectivity index is 2.79. The molecule has 1 rings (SSSR count). The average molecular weight is 296 g/mol. The Hall–Kier alpha value is -2.12. The second-order valence-corrected chi connectivity index (χ2v) is 4.47. The molecule has 116 valence electrons. The van der Waals surface area contributed by atoms with Gasteiger partial charge in [0.1, 0.15) is 17.8 Å². The van der Waals surface area contributed by atoms with Gasteiger partial charge in [-0.05, 0) is 24.6 Å². The number of phenolic OH excluding ortho intramolecular Hbond substituents is 1. The molecule has 1 aromatic carbocycles. The third-order valence-corrected chi connectivity index (χ3v) is 2.80. The predicted octanol–water partition coefficient (Wildman–Crippen LogP) is -0.698. The Labute approximate surface area is 122 Å². The molecule has 0 saturated heterocycles. The number of aromatic hydroxyl groups is 1.